The van der Waals surface area contributed by atoms with Crippen LogP contribution in [0.3, 0.4) is 0 Å². The third-order valence-electron chi connectivity index (χ3n) is 4.67. The molecule has 0 saturated carbocycles. The molecule has 3 rings (SSSR count). The van der Waals surface area contributed by atoms with E-state index in [9.17, 15) is 9.59 Å². The van der Waals surface area contributed by atoms with Crippen LogP contribution < -0.4 is 10.6 Å². The summed E-state index contributed by atoms with van der Waals surface area (Å²) in [6.07, 6.45) is 0. The molecule has 144 valence electrons. The van der Waals surface area contributed by atoms with Gasteiger partial charge in [0.05, 0.1) is 0 Å². The van der Waals surface area contributed by atoms with E-state index in [0.717, 1.165) is 33.2 Å². The Labute approximate surface area is 165 Å². The van der Waals surface area contributed by atoms with E-state index in [1.54, 1.807) is 7.05 Å². The second kappa shape index (κ2) is 8.13. The quantitative estimate of drug-likeness (QED) is 0.683. The molecule has 0 spiro atoms. The summed E-state index contributed by atoms with van der Waals surface area (Å²) < 4.78 is 0. The van der Waals surface area contributed by atoms with Crippen LogP contribution in [-0.4, -0.2) is 30.4 Å². The second-order valence-corrected chi connectivity index (χ2v) is 7.17. The highest BCUT2D eigenvalue weighted by Gasteiger charge is 2.15. The van der Waals surface area contributed by atoms with E-state index in [0.29, 0.717) is 5.69 Å². The Hall–Kier alpha value is -3.34. The number of amides is 3. The highest BCUT2D eigenvalue weighted by Crippen LogP contribution is 2.22. The average Bonchev–Trinajstić information content (AvgIpc) is 2.64. The Kier molecular flexibility index (Phi) is 5.64. The predicted molar refractivity (Wildman–Crippen MR) is 115 cm³/mol. The number of rotatable bonds is 4. The van der Waals surface area contributed by atoms with E-state index in [4.69, 9.17) is 0 Å². The number of likely N-dealkylation sites (N-methyl/N-ethyl adjacent to an activating group) is 1. The molecule has 5 nitrogen and oxygen atoms in total. The SMILES string of the molecule is Cc1cc(C)c(NC(=O)CN(C)C(=O)Nc2ccc3ccccc3c2)c(C)c1. The number of hydrogen-bond acceptors (Lipinski definition) is 2. The Bertz CT molecular complexity index is 1020. The molecule has 3 aromatic rings. The molecule has 0 radical (unpaired) electrons. The van der Waals surface area contributed by atoms with Crippen molar-refractivity contribution in [3.8, 4) is 0 Å². The number of urea groups is 1. The molecule has 0 fully saturated rings. The summed E-state index contributed by atoms with van der Waals surface area (Å²) in [6.45, 7) is 5.92. The number of hydrogen-bond donors (Lipinski definition) is 2. The highest BCUT2D eigenvalue weighted by atomic mass is 16.2. The van der Waals surface area contributed by atoms with Crippen LogP contribution in [0.25, 0.3) is 10.8 Å². The van der Waals surface area contributed by atoms with Crippen LogP contribution >= 0.6 is 0 Å². The summed E-state index contributed by atoms with van der Waals surface area (Å²) in [4.78, 5) is 26.2. The number of fused-ring (bicyclic) bond motifs is 1. The largest absolute Gasteiger partial charge is 0.324 e. The van der Waals surface area contributed by atoms with Crippen molar-refractivity contribution in [1.82, 2.24) is 4.90 Å². The number of benzene rings is 3. The number of carbonyl (C=O) groups is 2. The molecule has 0 atom stereocenters. The zero-order valence-electron chi connectivity index (χ0n) is 16.7. The predicted octanol–water partition coefficient (Wildman–Crippen LogP) is 4.87. The van der Waals surface area contributed by atoms with Crippen molar-refractivity contribution in [1.29, 1.82) is 0 Å². The van der Waals surface area contributed by atoms with Crippen molar-refractivity contribution in [2.45, 2.75) is 20.8 Å². The molecule has 3 amide bonds. The Morgan fingerprint density at radius 1 is 0.857 bits per heavy atom. The lowest BCUT2D eigenvalue weighted by Crippen LogP contribution is -2.37. The molecule has 0 aromatic heterocycles. The van der Waals surface area contributed by atoms with Crippen molar-refractivity contribution in [2.24, 2.45) is 0 Å². The normalized spacial score (nSPS) is 10.6. The molecule has 5 heteroatoms. The van der Waals surface area contributed by atoms with E-state index in [1.807, 2.05) is 75.4 Å². The van der Waals surface area contributed by atoms with Gasteiger partial charge in [-0.15, -0.1) is 0 Å². The minimum atomic E-state index is -0.331. The van der Waals surface area contributed by atoms with Crippen LogP contribution in [0.15, 0.2) is 54.6 Å². The smallest absolute Gasteiger partial charge is 0.322 e. The van der Waals surface area contributed by atoms with Gasteiger partial charge in [0.2, 0.25) is 5.91 Å². The summed E-state index contributed by atoms with van der Waals surface area (Å²) in [6, 6.07) is 17.4. The monoisotopic (exact) mass is 375 g/mol. The topological polar surface area (TPSA) is 61.4 Å². The van der Waals surface area contributed by atoms with Gasteiger partial charge in [-0.1, -0.05) is 48.0 Å². The zero-order chi connectivity index (χ0) is 20.3. The molecule has 2 N–H and O–H groups in total. The van der Waals surface area contributed by atoms with Gasteiger partial charge in [0.1, 0.15) is 6.54 Å². The number of nitrogens with zero attached hydrogens (tertiary/aromatic N) is 1. The van der Waals surface area contributed by atoms with Gasteiger partial charge in [0.15, 0.2) is 0 Å². The first-order valence-electron chi connectivity index (χ1n) is 9.22. The van der Waals surface area contributed by atoms with Crippen LogP contribution in [0, 0.1) is 20.8 Å². The molecule has 3 aromatic carbocycles. The first kappa shape index (κ1) is 19.4. The van der Waals surface area contributed by atoms with Crippen molar-refractivity contribution >= 4 is 34.1 Å². The van der Waals surface area contributed by atoms with Crippen LogP contribution in [0.1, 0.15) is 16.7 Å². The lowest BCUT2D eigenvalue weighted by molar-refractivity contribution is -0.116. The minimum absolute atomic E-state index is 0.0355. The lowest BCUT2D eigenvalue weighted by Gasteiger charge is -2.19. The third kappa shape index (κ3) is 4.49. The number of aryl methyl sites for hydroxylation is 3. The van der Waals surface area contributed by atoms with Gasteiger partial charge in [-0.3, -0.25) is 4.79 Å². The number of anilines is 2. The maximum Gasteiger partial charge on any atom is 0.322 e. The van der Waals surface area contributed by atoms with Gasteiger partial charge < -0.3 is 15.5 Å². The van der Waals surface area contributed by atoms with E-state index < -0.39 is 0 Å². The summed E-state index contributed by atoms with van der Waals surface area (Å²) in [5.74, 6) is -0.230. The lowest BCUT2D eigenvalue weighted by atomic mass is 10.1. The number of carbonyl (C=O) groups excluding carboxylic acids is 2. The van der Waals surface area contributed by atoms with Gasteiger partial charge in [-0.05, 0) is 54.8 Å². The van der Waals surface area contributed by atoms with E-state index in [-0.39, 0.29) is 18.5 Å². The van der Waals surface area contributed by atoms with Crippen LogP contribution in [0.5, 0.6) is 0 Å². The first-order chi connectivity index (χ1) is 13.3. The summed E-state index contributed by atoms with van der Waals surface area (Å²) in [5.41, 5.74) is 4.67. The van der Waals surface area contributed by atoms with E-state index >= 15 is 0 Å². The highest BCUT2D eigenvalue weighted by molar-refractivity contribution is 5.98. The molecular weight excluding hydrogens is 350 g/mol. The zero-order valence-corrected chi connectivity index (χ0v) is 16.7. The minimum Gasteiger partial charge on any atom is -0.324 e. The van der Waals surface area contributed by atoms with E-state index in [2.05, 4.69) is 10.6 Å². The van der Waals surface area contributed by atoms with Crippen LogP contribution in [0.4, 0.5) is 16.2 Å². The van der Waals surface area contributed by atoms with Gasteiger partial charge in [0.25, 0.3) is 0 Å². The van der Waals surface area contributed by atoms with Gasteiger partial charge >= 0.3 is 6.03 Å². The Morgan fingerprint density at radius 3 is 2.18 bits per heavy atom. The van der Waals surface area contributed by atoms with Crippen LogP contribution in [0.2, 0.25) is 0 Å². The molecule has 0 aliphatic carbocycles. The second-order valence-electron chi connectivity index (χ2n) is 7.17. The molecule has 0 aliphatic heterocycles. The Balaban J connectivity index is 1.62. The summed E-state index contributed by atoms with van der Waals surface area (Å²) in [5, 5.41) is 7.91. The first-order valence-corrected chi connectivity index (χ1v) is 9.22. The molecule has 0 aliphatic rings. The molecule has 0 unspecified atom stereocenters. The third-order valence-corrected chi connectivity index (χ3v) is 4.67. The summed E-state index contributed by atoms with van der Waals surface area (Å²) in [7, 11) is 1.60. The van der Waals surface area contributed by atoms with Crippen LogP contribution in [-0.2, 0) is 4.79 Å². The van der Waals surface area contributed by atoms with Gasteiger partial charge in [-0.2, -0.15) is 0 Å². The molecule has 0 saturated heterocycles. The molecule has 28 heavy (non-hydrogen) atoms. The molecular formula is C23H25N3O2. The number of nitrogens with one attached hydrogen (secondary N) is 2. The standard InChI is InChI=1S/C23H25N3O2/c1-15-11-16(2)22(17(3)12-15)25-21(27)14-26(4)23(28)24-20-10-9-18-7-5-6-8-19(18)13-20/h5-13H,14H2,1-4H3,(H,24,28)(H,25,27). The van der Waals surface area contributed by atoms with Crippen molar-refractivity contribution in [2.75, 3.05) is 24.2 Å². The fraction of sp³-hybridized carbons (Fsp3) is 0.217. The Morgan fingerprint density at radius 2 is 1.50 bits per heavy atom. The van der Waals surface area contributed by atoms with Crippen molar-refractivity contribution in [3.05, 3.63) is 71.3 Å². The van der Waals surface area contributed by atoms with E-state index in [1.165, 1.54) is 4.90 Å². The van der Waals surface area contributed by atoms with Crippen molar-refractivity contribution in [3.63, 3.8) is 0 Å². The molecule has 0 heterocycles. The fourth-order valence-corrected chi connectivity index (χ4v) is 3.33. The fourth-order valence-electron chi connectivity index (χ4n) is 3.33. The maximum absolute atomic E-state index is 12.4. The molecule has 0 bridgehead atoms. The maximum atomic E-state index is 12.4. The van der Waals surface area contributed by atoms with Gasteiger partial charge in [-0.25, -0.2) is 4.79 Å². The van der Waals surface area contributed by atoms with Crippen molar-refractivity contribution < 1.29 is 9.59 Å². The summed E-state index contributed by atoms with van der Waals surface area (Å²) >= 11 is 0. The average molecular weight is 375 g/mol. The van der Waals surface area contributed by atoms with Gasteiger partial charge in [0, 0.05) is 18.4 Å².